The molecule has 0 N–H and O–H groups in total. The van der Waals surface area contributed by atoms with Crippen molar-refractivity contribution in [2.45, 2.75) is 19.8 Å². The molecule has 0 saturated carbocycles. The number of hydrogen-bond donors (Lipinski definition) is 0. The Balaban J connectivity index is 2.02. The van der Waals surface area contributed by atoms with Crippen molar-refractivity contribution in [3.05, 3.63) is 29.8 Å². The molecule has 1 saturated heterocycles. The van der Waals surface area contributed by atoms with Gasteiger partial charge in [-0.15, -0.1) is 0 Å². The maximum absolute atomic E-state index is 4.36. The average molecular weight is 203 g/mol. The molecule has 0 bridgehead atoms. The topological polar surface area (TPSA) is 17.3 Å². The van der Waals surface area contributed by atoms with E-state index in [4.69, 9.17) is 0 Å². The van der Waals surface area contributed by atoms with Crippen LogP contribution in [0.5, 0.6) is 0 Å². The molecule has 1 fully saturated rings. The minimum Gasteiger partial charge on any atom is -0.369 e. The first-order valence-electron chi connectivity index (χ1n) is 5.87. The Morgan fingerprint density at radius 2 is 1.80 bits per heavy atom. The second kappa shape index (κ2) is 5.17. The maximum atomic E-state index is 4.36. The first-order valence-corrected chi connectivity index (χ1v) is 5.87. The average Bonchev–Trinajstić information content (AvgIpc) is 2.32. The van der Waals surface area contributed by atoms with Gasteiger partial charge < -0.3 is 4.90 Å². The molecule has 0 atom stereocenters. The van der Waals surface area contributed by atoms with Gasteiger partial charge in [0.2, 0.25) is 0 Å². The Morgan fingerprint density at radius 1 is 1.13 bits per heavy atom. The Labute approximate surface area is 92.3 Å². The lowest BCUT2D eigenvalue weighted by Gasteiger charge is -2.28. The molecule has 2 nitrogen and oxygen atoms in total. The van der Waals surface area contributed by atoms with E-state index in [-0.39, 0.29) is 0 Å². The van der Waals surface area contributed by atoms with Crippen molar-refractivity contribution < 1.29 is 0 Å². The molecule has 2 rings (SSSR count). The highest BCUT2D eigenvalue weighted by molar-refractivity contribution is 5.48. The number of hydrogen-bond acceptors (Lipinski definition) is 1. The van der Waals surface area contributed by atoms with Gasteiger partial charge in [0.1, 0.15) is 0 Å². The smallest absolute Gasteiger partial charge is 0.0367 e. The van der Waals surface area contributed by atoms with Crippen molar-refractivity contribution >= 4 is 5.69 Å². The summed E-state index contributed by atoms with van der Waals surface area (Å²) in [6.07, 6.45) is 2.41. The van der Waals surface area contributed by atoms with E-state index in [1.54, 1.807) is 0 Å². The van der Waals surface area contributed by atoms with Gasteiger partial charge in [0.15, 0.2) is 0 Å². The van der Waals surface area contributed by atoms with Gasteiger partial charge in [0.25, 0.3) is 0 Å². The third-order valence-electron chi connectivity index (χ3n) is 2.90. The van der Waals surface area contributed by atoms with Crippen LogP contribution in [0.3, 0.4) is 0 Å². The van der Waals surface area contributed by atoms with E-state index in [1.165, 1.54) is 24.1 Å². The van der Waals surface area contributed by atoms with Crippen molar-refractivity contribution in [2.75, 3.05) is 31.1 Å². The summed E-state index contributed by atoms with van der Waals surface area (Å²) in [6, 6.07) is 9.00. The van der Waals surface area contributed by atoms with Gasteiger partial charge in [0.05, 0.1) is 0 Å². The first-order chi connectivity index (χ1) is 7.40. The van der Waals surface area contributed by atoms with Gasteiger partial charge in [-0.25, -0.2) is 5.32 Å². The molecule has 1 aliphatic rings. The van der Waals surface area contributed by atoms with Gasteiger partial charge in [0, 0.05) is 31.9 Å². The van der Waals surface area contributed by atoms with Gasteiger partial charge in [-0.2, -0.15) is 0 Å². The predicted molar refractivity (Wildman–Crippen MR) is 64.5 cm³/mol. The van der Waals surface area contributed by atoms with Crippen molar-refractivity contribution in [1.29, 1.82) is 0 Å². The molecule has 1 aliphatic heterocycles. The lowest BCUT2D eigenvalue weighted by molar-refractivity contribution is 0.579. The molecule has 0 aromatic heterocycles. The zero-order chi connectivity index (χ0) is 10.5. The number of nitrogens with zero attached hydrogens (tertiary/aromatic N) is 2. The second-order valence-corrected chi connectivity index (χ2v) is 4.07. The zero-order valence-electron chi connectivity index (χ0n) is 9.45. The molecule has 1 radical (unpaired) electrons. The summed E-state index contributed by atoms with van der Waals surface area (Å²) in [5.74, 6) is 0. The summed E-state index contributed by atoms with van der Waals surface area (Å²) in [4.78, 5) is 2.42. The number of rotatable bonds is 3. The van der Waals surface area contributed by atoms with Crippen molar-refractivity contribution in [2.24, 2.45) is 0 Å². The van der Waals surface area contributed by atoms with Crippen LogP contribution in [0.2, 0.25) is 0 Å². The quantitative estimate of drug-likeness (QED) is 0.735. The Bertz CT molecular complexity index is 286. The standard InChI is InChI=1S/C13H19N2/c1-2-3-12-4-6-13(7-5-12)15-10-8-14-9-11-15/h4-7H,2-3,8-11H2,1H3. The molecule has 81 valence electrons. The van der Waals surface area contributed by atoms with E-state index in [0.29, 0.717) is 0 Å². The second-order valence-electron chi connectivity index (χ2n) is 4.07. The highest BCUT2D eigenvalue weighted by Gasteiger charge is 2.10. The highest BCUT2D eigenvalue weighted by Crippen LogP contribution is 2.16. The number of benzene rings is 1. The molecular weight excluding hydrogens is 184 g/mol. The predicted octanol–water partition coefficient (Wildman–Crippen LogP) is 2.06. The van der Waals surface area contributed by atoms with E-state index in [2.05, 4.69) is 41.4 Å². The molecule has 1 aromatic rings. The zero-order valence-corrected chi connectivity index (χ0v) is 9.45. The van der Waals surface area contributed by atoms with E-state index in [0.717, 1.165) is 26.2 Å². The largest absolute Gasteiger partial charge is 0.369 e. The fourth-order valence-corrected chi connectivity index (χ4v) is 2.03. The third kappa shape index (κ3) is 2.72. The minimum atomic E-state index is 0.983. The van der Waals surface area contributed by atoms with Gasteiger partial charge in [-0.3, -0.25) is 0 Å². The summed E-state index contributed by atoms with van der Waals surface area (Å²) < 4.78 is 0. The Kier molecular flexibility index (Phi) is 3.62. The van der Waals surface area contributed by atoms with E-state index >= 15 is 0 Å². The molecule has 0 spiro atoms. The normalized spacial score (nSPS) is 16.7. The van der Waals surface area contributed by atoms with Crippen LogP contribution in [0.4, 0.5) is 5.69 Å². The van der Waals surface area contributed by atoms with Gasteiger partial charge in [-0.05, 0) is 24.1 Å². The first kappa shape index (κ1) is 10.5. The molecule has 0 amide bonds. The molecule has 0 unspecified atom stereocenters. The van der Waals surface area contributed by atoms with Crippen LogP contribution >= 0.6 is 0 Å². The van der Waals surface area contributed by atoms with Crippen LogP contribution in [0.25, 0.3) is 0 Å². The molecule has 15 heavy (non-hydrogen) atoms. The number of aryl methyl sites for hydroxylation is 1. The van der Waals surface area contributed by atoms with E-state index < -0.39 is 0 Å². The lowest BCUT2D eigenvalue weighted by atomic mass is 10.1. The summed E-state index contributed by atoms with van der Waals surface area (Å²) in [7, 11) is 0. The maximum Gasteiger partial charge on any atom is 0.0367 e. The number of anilines is 1. The highest BCUT2D eigenvalue weighted by atomic mass is 15.2. The third-order valence-corrected chi connectivity index (χ3v) is 2.90. The molecule has 2 heteroatoms. The Hall–Kier alpha value is -1.02. The van der Waals surface area contributed by atoms with Crippen LogP contribution in [-0.4, -0.2) is 26.2 Å². The summed E-state index contributed by atoms with van der Waals surface area (Å²) in [5, 5.41) is 4.36. The molecule has 0 aliphatic carbocycles. The lowest BCUT2D eigenvalue weighted by Crippen LogP contribution is -2.40. The number of piperazine rings is 1. The van der Waals surface area contributed by atoms with Crippen molar-refractivity contribution in [1.82, 2.24) is 5.32 Å². The van der Waals surface area contributed by atoms with Gasteiger partial charge in [-0.1, -0.05) is 25.5 Å². The van der Waals surface area contributed by atoms with E-state index in [1.807, 2.05) is 0 Å². The minimum absolute atomic E-state index is 0.983. The van der Waals surface area contributed by atoms with Crippen LogP contribution in [-0.2, 0) is 6.42 Å². The fourth-order valence-electron chi connectivity index (χ4n) is 2.03. The summed E-state index contributed by atoms with van der Waals surface area (Å²) in [6.45, 7) is 6.34. The van der Waals surface area contributed by atoms with Crippen LogP contribution < -0.4 is 10.2 Å². The Morgan fingerprint density at radius 3 is 2.40 bits per heavy atom. The summed E-state index contributed by atoms with van der Waals surface area (Å²) in [5.41, 5.74) is 2.80. The van der Waals surface area contributed by atoms with E-state index in [9.17, 15) is 0 Å². The van der Waals surface area contributed by atoms with Crippen molar-refractivity contribution in [3.63, 3.8) is 0 Å². The fraction of sp³-hybridized carbons (Fsp3) is 0.538. The van der Waals surface area contributed by atoms with Crippen molar-refractivity contribution in [3.8, 4) is 0 Å². The van der Waals surface area contributed by atoms with Gasteiger partial charge >= 0.3 is 0 Å². The molecule has 1 heterocycles. The SMILES string of the molecule is CCCc1ccc(N2CC[N]CC2)cc1. The van der Waals surface area contributed by atoms with Crippen LogP contribution in [0, 0.1) is 0 Å². The molecule has 1 aromatic carbocycles. The molecular formula is C13H19N2. The van der Waals surface area contributed by atoms with Crippen LogP contribution in [0.1, 0.15) is 18.9 Å². The monoisotopic (exact) mass is 203 g/mol. The van der Waals surface area contributed by atoms with Crippen LogP contribution in [0.15, 0.2) is 24.3 Å². The summed E-state index contributed by atoms with van der Waals surface area (Å²) >= 11 is 0.